The molecule has 1 amide bonds. The lowest BCUT2D eigenvalue weighted by molar-refractivity contribution is -0.113. The van der Waals surface area contributed by atoms with Gasteiger partial charge in [-0.15, -0.1) is 0 Å². The summed E-state index contributed by atoms with van der Waals surface area (Å²) in [5.41, 5.74) is 2.20. The van der Waals surface area contributed by atoms with Gasteiger partial charge in [-0.25, -0.2) is 9.37 Å². The molecule has 4 rings (SSSR count). The Morgan fingerprint density at radius 2 is 1.96 bits per heavy atom. The van der Waals surface area contributed by atoms with E-state index >= 15 is 0 Å². The van der Waals surface area contributed by atoms with Crippen LogP contribution in [0.4, 0.5) is 10.1 Å². The highest BCUT2D eigenvalue weighted by molar-refractivity contribution is 8.00. The summed E-state index contributed by atoms with van der Waals surface area (Å²) in [5.74, 6) is 0.992. The lowest BCUT2D eigenvalue weighted by atomic mass is 10.1. The molecule has 5 nitrogen and oxygen atoms in total. The van der Waals surface area contributed by atoms with Gasteiger partial charge in [-0.2, -0.15) is 0 Å². The number of nitrogens with zero attached hydrogens (tertiary/aromatic N) is 1. The Hall–Kier alpha value is -2.80. The molecule has 0 unspecified atom stereocenters. The topological polar surface area (TPSA) is 60.5 Å². The van der Waals surface area contributed by atoms with Crippen molar-refractivity contribution in [2.45, 2.75) is 11.9 Å². The van der Waals surface area contributed by atoms with Crippen LogP contribution in [-0.4, -0.2) is 29.9 Å². The quantitative estimate of drug-likeness (QED) is 0.684. The molecule has 0 saturated heterocycles. The van der Waals surface area contributed by atoms with Crippen molar-refractivity contribution in [1.82, 2.24) is 4.98 Å². The molecule has 0 atom stereocenters. The summed E-state index contributed by atoms with van der Waals surface area (Å²) in [6.07, 6.45) is 0. The first-order chi connectivity index (χ1) is 13.1. The van der Waals surface area contributed by atoms with Crippen LogP contribution >= 0.6 is 11.8 Å². The maximum atomic E-state index is 13.2. The second kappa shape index (κ2) is 7.44. The predicted molar refractivity (Wildman–Crippen MR) is 103 cm³/mol. The lowest BCUT2D eigenvalue weighted by Gasteiger charge is -2.19. The minimum Gasteiger partial charge on any atom is -0.486 e. The molecule has 1 N–H and O–H groups in total. The zero-order valence-corrected chi connectivity index (χ0v) is 15.4. The summed E-state index contributed by atoms with van der Waals surface area (Å²) >= 11 is 1.34. The van der Waals surface area contributed by atoms with Crippen LogP contribution in [0.1, 0.15) is 5.56 Å². The van der Waals surface area contributed by atoms with E-state index < -0.39 is 0 Å². The first kappa shape index (κ1) is 17.6. The average Bonchev–Trinajstić information content (AvgIpc) is 2.65. The molecule has 2 heterocycles. The summed E-state index contributed by atoms with van der Waals surface area (Å²) < 4.78 is 24.4. The Balaban J connectivity index is 1.49. The number of carbonyl (C=O) groups excluding carboxylic acids is 1. The Bertz CT molecular complexity index is 1030. The molecular formula is C20H17FN2O3S. The van der Waals surface area contributed by atoms with E-state index in [2.05, 4.69) is 10.3 Å². The summed E-state index contributed by atoms with van der Waals surface area (Å²) in [6.45, 7) is 3.02. The van der Waals surface area contributed by atoms with Crippen molar-refractivity contribution >= 4 is 34.3 Å². The Morgan fingerprint density at radius 3 is 2.74 bits per heavy atom. The summed E-state index contributed by atoms with van der Waals surface area (Å²) in [7, 11) is 0. The van der Waals surface area contributed by atoms with Crippen LogP contribution in [0.25, 0.3) is 10.9 Å². The maximum Gasteiger partial charge on any atom is 0.234 e. The molecule has 0 spiro atoms. The van der Waals surface area contributed by atoms with Crippen molar-refractivity contribution in [3.8, 4) is 11.5 Å². The minimum absolute atomic E-state index is 0.181. The molecular weight excluding hydrogens is 367 g/mol. The SMILES string of the molecule is Cc1cc2cc3c(cc2nc1SCC(=O)Nc1cccc(F)c1)OCCO3. The number of pyridine rings is 1. The largest absolute Gasteiger partial charge is 0.486 e. The van der Waals surface area contributed by atoms with Gasteiger partial charge in [0.25, 0.3) is 0 Å². The van der Waals surface area contributed by atoms with Crippen LogP contribution in [0.3, 0.4) is 0 Å². The summed E-state index contributed by atoms with van der Waals surface area (Å²) in [4.78, 5) is 16.8. The number of aromatic nitrogens is 1. The van der Waals surface area contributed by atoms with E-state index in [0.29, 0.717) is 24.7 Å². The van der Waals surface area contributed by atoms with Crippen LogP contribution in [0.5, 0.6) is 11.5 Å². The molecule has 0 saturated carbocycles. The standard InChI is InChI=1S/C20H17FN2O3S/c1-12-7-13-8-17-18(26-6-5-25-17)10-16(13)23-20(12)27-11-19(24)22-15-4-2-3-14(21)9-15/h2-4,7-10H,5-6,11H2,1H3,(H,22,24). The fourth-order valence-electron chi connectivity index (χ4n) is 2.84. The Kier molecular flexibility index (Phi) is 4.85. The second-order valence-corrected chi connectivity index (χ2v) is 7.11. The smallest absolute Gasteiger partial charge is 0.234 e. The molecule has 1 aromatic heterocycles. The van der Waals surface area contributed by atoms with E-state index in [1.807, 2.05) is 25.1 Å². The van der Waals surface area contributed by atoms with Gasteiger partial charge in [0.05, 0.1) is 11.3 Å². The maximum absolute atomic E-state index is 13.2. The summed E-state index contributed by atoms with van der Waals surface area (Å²) in [6, 6.07) is 11.6. The molecule has 1 aliphatic rings. The first-order valence-corrected chi connectivity index (χ1v) is 9.46. The Labute approximate surface area is 159 Å². The third-order valence-corrected chi connectivity index (χ3v) is 5.16. The van der Waals surface area contributed by atoms with E-state index in [4.69, 9.17) is 9.47 Å². The zero-order chi connectivity index (χ0) is 18.8. The van der Waals surface area contributed by atoms with Crippen LogP contribution in [-0.2, 0) is 4.79 Å². The molecule has 0 bridgehead atoms. The third kappa shape index (κ3) is 3.98. The van der Waals surface area contributed by atoms with Gasteiger partial charge in [0.15, 0.2) is 11.5 Å². The fourth-order valence-corrected chi connectivity index (χ4v) is 3.63. The van der Waals surface area contributed by atoms with Gasteiger partial charge in [0.2, 0.25) is 5.91 Å². The van der Waals surface area contributed by atoms with Gasteiger partial charge in [0, 0.05) is 17.1 Å². The van der Waals surface area contributed by atoms with Crippen LogP contribution < -0.4 is 14.8 Å². The number of benzene rings is 2. The number of hydrogen-bond donors (Lipinski definition) is 1. The molecule has 0 fully saturated rings. The highest BCUT2D eigenvalue weighted by Gasteiger charge is 2.15. The van der Waals surface area contributed by atoms with Gasteiger partial charge < -0.3 is 14.8 Å². The minimum atomic E-state index is -0.387. The van der Waals surface area contributed by atoms with E-state index in [0.717, 1.165) is 27.2 Å². The number of ether oxygens (including phenoxy) is 2. The van der Waals surface area contributed by atoms with Crippen LogP contribution in [0.2, 0.25) is 0 Å². The van der Waals surface area contributed by atoms with E-state index in [1.165, 1.54) is 23.9 Å². The van der Waals surface area contributed by atoms with E-state index in [1.54, 1.807) is 12.1 Å². The highest BCUT2D eigenvalue weighted by Crippen LogP contribution is 2.35. The second-order valence-electron chi connectivity index (χ2n) is 6.15. The molecule has 0 radical (unpaired) electrons. The molecule has 27 heavy (non-hydrogen) atoms. The normalized spacial score (nSPS) is 12.8. The number of aryl methyl sites for hydroxylation is 1. The van der Waals surface area contributed by atoms with Crippen molar-refractivity contribution in [1.29, 1.82) is 0 Å². The van der Waals surface area contributed by atoms with Gasteiger partial charge in [0.1, 0.15) is 24.1 Å². The zero-order valence-electron chi connectivity index (χ0n) is 14.6. The predicted octanol–water partition coefficient (Wildman–Crippen LogP) is 4.18. The van der Waals surface area contributed by atoms with Gasteiger partial charge in [-0.1, -0.05) is 17.8 Å². The Morgan fingerprint density at radius 1 is 1.19 bits per heavy atom. The highest BCUT2D eigenvalue weighted by atomic mass is 32.2. The molecule has 7 heteroatoms. The number of rotatable bonds is 4. The fraction of sp³-hybridized carbons (Fsp3) is 0.200. The molecule has 3 aromatic rings. The van der Waals surface area contributed by atoms with Gasteiger partial charge in [-0.3, -0.25) is 4.79 Å². The average molecular weight is 384 g/mol. The first-order valence-electron chi connectivity index (χ1n) is 8.48. The van der Waals surface area contributed by atoms with Crippen molar-refractivity contribution in [2.75, 3.05) is 24.3 Å². The number of anilines is 1. The lowest BCUT2D eigenvalue weighted by Crippen LogP contribution is -2.15. The number of fused-ring (bicyclic) bond motifs is 2. The number of thioether (sulfide) groups is 1. The summed E-state index contributed by atoms with van der Waals surface area (Å²) in [5, 5.41) is 4.42. The van der Waals surface area contributed by atoms with Crippen molar-refractivity contribution < 1.29 is 18.7 Å². The number of nitrogens with one attached hydrogen (secondary N) is 1. The molecule has 138 valence electrons. The third-order valence-electron chi connectivity index (χ3n) is 4.07. The van der Waals surface area contributed by atoms with Crippen LogP contribution in [0.15, 0.2) is 47.5 Å². The van der Waals surface area contributed by atoms with E-state index in [9.17, 15) is 9.18 Å². The molecule has 0 aliphatic carbocycles. The van der Waals surface area contributed by atoms with Crippen molar-refractivity contribution in [3.05, 3.63) is 53.8 Å². The number of halogens is 1. The van der Waals surface area contributed by atoms with Crippen LogP contribution in [0, 0.1) is 12.7 Å². The van der Waals surface area contributed by atoms with E-state index in [-0.39, 0.29) is 17.5 Å². The molecule has 1 aliphatic heterocycles. The molecule has 2 aromatic carbocycles. The van der Waals surface area contributed by atoms with Gasteiger partial charge >= 0.3 is 0 Å². The van der Waals surface area contributed by atoms with Crippen molar-refractivity contribution in [3.63, 3.8) is 0 Å². The van der Waals surface area contributed by atoms with Gasteiger partial charge in [-0.05, 0) is 42.8 Å². The van der Waals surface area contributed by atoms with Crippen molar-refractivity contribution in [2.24, 2.45) is 0 Å². The number of hydrogen-bond acceptors (Lipinski definition) is 5. The number of carbonyl (C=O) groups is 1. The monoisotopic (exact) mass is 384 g/mol. The number of amides is 1.